The van der Waals surface area contributed by atoms with Crippen molar-refractivity contribution >= 4 is 0 Å². The number of nitrogens with one attached hydrogen (secondary N) is 1. The van der Waals surface area contributed by atoms with Gasteiger partial charge in [-0.2, -0.15) is 10.3 Å². The Balaban J connectivity index is 0.000000500. The summed E-state index contributed by atoms with van der Waals surface area (Å²) in [4.78, 5) is 9.96. The Morgan fingerprint density at radius 2 is 1.86 bits per heavy atom. The molecule has 0 spiro atoms. The number of piperidine rings is 1. The molecule has 0 aliphatic carbocycles. The highest BCUT2D eigenvalue weighted by Crippen LogP contribution is 2.19. The van der Waals surface area contributed by atoms with E-state index in [1.165, 1.54) is 13.3 Å². The summed E-state index contributed by atoms with van der Waals surface area (Å²) in [6.45, 7) is 5.64. The molecule has 0 bridgehead atoms. The van der Waals surface area contributed by atoms with Crippen molar-refractivity contribution in [2.45, 2.75) is 52.1 Å². The molecular weight excluding hydrogens is 180 g/mol. The van der Waals surface area contributed by atoms with E-state index in [-0.39, 0.29) is 0 Å². The van der Waals surface area contributed by atoms with Gasteiger partial charge in [0.05, 0.1) is 11.4 Å². The average Bonchev–Trinajstić information content (AvgIpc) is 2.13. The summed E-state index contributed by atoms with van der Waals surface area (Å²) in [6, 6.07) is 2.60. The van der Waals surface area contributed by atoms with Crippen LogP contribution in [0.1, 0.15) is 40.0 Å². The van der Waals surface area contributed by atoms with Crippen LogP contribution >= 0.6 is 0 Å². The monoisotopic (exact) mass is 198 g/mol. The fraction of sp³-hybridized carbons (Fsp3) is 0.889. The van der Waals surface area contributed by atoms with E-state index in [2.05, 4.69) is 24.7 Å². The zero-order chi connectivity index (χ0) is 11.0. The van der Waals surface area contributed by atoms with E-state index in [1.54, 1.807) is 6.07 Å². The van der Waals surface area contributed by atoms with Crippen molar-refractivity contribution in [3.8, 4) is 6.07 Å². The maximum absolute atomic E-state index is 9.96. The lowest BCUT2D eigenvalue weighted by atomic mass is 10.00. The van der Waals surface area contributed by atoms with Crippen LogP contribution in [0.25, 0.3) is 0 Å². The first-order valence-corrected chi connectivity index (χ1v) is 4.84. The Kier molecular flexibility index (Phi) is 6.68. The van der Waals surface area contributed by atoms with Crippen LogP contribution in [0.15, 0.2) is 5.29 Å². The van der Waals surface area contributed by atoms with Gasteiger partial charge in [0.2, 0.25) is 0 Å². The molecule has 1 N–H and O–H groups in total. The lowest BCUT2D eigenvalue weighted by Gasteiger charge is -2.36. The second-order valence-electron chi connectivity index (χ2n) is 3.45. The number of hydrogen-bond acceptors (Lipinski definition) is 4. The van der Waals surface area contributed by atoms with Gasteiger partial charge >= 0.3 is 0 Å². The SMILES string of the molecule is CC#N.CC1CCCC(C)N1NN=O. The Morgan fingerprint density at radius 3 is 2.21 bits per heavy atom. The minimum absolute atomic E-state index is 0.427. The fourth-order valence-electron chi connectivity index (χ4n) is 1.67. The number of hydrazine groups is 1. The van der Waals surface area contributed by atoms with Gasteiger partial charge in [0.15, 0.2) is 0 Å². The first-order valence-electron chi connectivity index (χ1n) is 4.84. The molecule has 2 unspecified atom stereocenters. The molecule has 1 aliphatic rings. The number of rotatable bonds is 2. The summed E-state index contributed by atoms with van der Waals surface area (Å²) in [5.74, 6) is 0. The van der Waals surface area contributed by atoms with Crippen molar-refractivity contribution in [3.05, 3.63) is 4.91 Å². The fourth-order valence-corrected chi connectivity index (χ4v) is 1.67. The van der Waals surface area contributed by atoms with Crippen LogP contribution in [0.5, 0.6) is 0 Å². The van der Waals surface area contributed by atoms with Crippen LogP contribution in [-0.2, 0) is 0 Å². The molecule has 0 aromatic carbocycles. The highest BCUT2D eigenvalue weighted by atomic mass is 16.3. The minimum atomic E-state index is 0.427. The largest absolute Gasteiger partial charge is 0.203 e. The minimum Gasteiger partial charge on any atom is -0.203 e. The molecule has 0 aromatic heterocycles. The molecule has 80 valence electrons. The van der Waals surface area contributed by atoms with E-state index in [0.29, 0.717) is 12.1 Å². The Labute approximate surface area is 85.0 Å². The maximum atomic E-state index is 9.96. The van der Waals surface area contributed by atoms with Gasteiger partial charge in [-0.15, -0.1) is 4.91 Å². The summed E-state index contributed by atoms with van der Waals surface area (Å²) < 4.78 is 0. The van der Waals surface area contributed by atoms with E-state index in [1.807, 2.05) is 5.01 Å². The molecular formula is C9H18N4O. The molecule has 1 heterocycles. The van der Waals surface area contributed by atoms with Gasteiger partial charge < -0.3 is 0 Å². The lowest BCUT2D eigenvalue weighted by Crippen LogP contribution is -2.49. The van der Waals surface area contributed by atoms with E-state index < -0.39 is 0 Å². The zero-order valence-electron chi connectivity index (χ0n) is 9.03. The third-order valence-electron chi connectivity index (χ3n) is 2.35. The van der Waals surface area contributed by atoms with Crippen LogP contribution in [0.2, 0.25) is 0 Å². The molecule has 0 amide bonds. The third-order valence-corrected chi connectivity index (χ3v) is 2.35. The van der Waals surface area contributed by atoms with Crippen molar-refractivity contribution < 1.29 is 0 Å². The van der Waals surface area contributed by atoms with Crippen molar-refractivity contribution in [1.82, 2.24) is 10.5 Å². The van der Waals surface area contributed by atoms with Crippen LogP contribution < -0.4 is 5.53 Å². The predicted molar refractivity (Wildman–Crippen MR) is 54.8 cm³/mol. The predicted octanol–water partition coefficient (Wildman–Crippen LogP) is 1.97. The van der Waals surface area contributed by atoms with Gasteiger partial charge in [0.1, 0.15) is 0 Å². The molecule has 1 saturated heterocycles. The van der Waals surface area contributed by atoms with E-state index in [9.17, 15) is 4.91 Å². The molecule has 0 saturated carbocycles. The van der Waals surface area contributed by atoms with Crippen LogP contribution in [-0.4, -0.2) is 17.1 Å². The van der Waals surface area contributed by atoms with Gasteiger partial charge in [0.25, 0.3) is 0 Å². The maximum Gasteiger partial charge on any atom is 0.0658 e. The summed E-state index contributed by atoms with van der Waals surface area (Å²) >= 11 is 0. The van der Waals surface area contributed by atoms with Crippen LogP contribution in [0.4, 0.5) is 0 Å². The van der Waals surface area contributed by atoms with Crippen molar-refractivity contribution in [1.29, 1.82) is 5.26 Å². The first kappa shape index (κ1) is 12.8. The van der Waals surface area contributed by atoms with Gasteiger partial charge in [-0.05, 0) is 26.7 Å². The van der Waals surface area contributed by atoms with Crippen LogP contribution in [0.3, 0.4) is 0 Å². The summed E-state index contributed by atoms with van der Waals surface area (Å²) in [7, 11) is 0. The van der Waals surface area contributed by atoms with Gasteiger partial charge in [-0.3, -0.25) is 0 Å². The molecule has 1 fully saturated rings. The molecule has 5 nitrogen and oxygen atoms in total. The molecule has 14 heavy (non-hydrogen) atoms. The second-order valence-corrected chi connectivity index (χ2v) is 3.45. The Hall–Kier alpha value is -1.15. The first-order chi connectivity index (χ1) is 6.67. The number of nitroso groups, excluding NO2 is 1. The van der Waals surface area contributed by atoms with Crippen molar-refractivity contribution in [3.63, 3.8) is 0 Å². The van der Waals surface area contributed by atoms with Crippen molar-refractivity contribution in [2.24, 2.45) is 5.29 Å². The molecule has 0 aromatic rings. The van der Waals surface area contributed by atoms with Crippen molar-refractivity contribution in [2.75, 3.05) is 0 Å². The summed E-state index contributed by atoms with van der Waals surface area (Å²) in [6.07, 6.45) is 3.54. The van der Waals surface area contributed by atoms with Gasteiger partial charge in [-0.1, -0.05) is 6.42 Å². The number of hydrogen-bond donors (Lipinski definition) is 1. The molecule has 0 radical (unpaired) electrons. The summed E-state index contributed by atoms with van der Waals surface area (Å²) in [5.41, 5.74) is 2.49. The normalized spacial score (nSPS) is 26.7. The highest BCUT2D eigenvalue weighted by Gasteiger charge is 2.24. The lowest BCUT2D eigenvalue weighted by molar-refractivity contribution is 0.0470. The van der Waals surface area contributed by atoms with E-state index in [4.69, 9.17) is 5.26 Å². The molecule has 2 atom stereocenters. The quantitative estimate of drug-likeness (QED) is 0.544. The third kappa shape index (κ3) is 4.19. The zero-order valence-corrected chi connectivity index (χ0v) is 9.03. The smallest absolute Gasteiger partial charge is 0.0658 e. The Morgan fingerprint density at radius 1 is 1.43 bits per heavy atom. The molecule has 1 aliphatic heterocycles. The standard InChI is InChI=1S/C7H15N3O.C2H3N/c1-6-4-3-5-7(2)10(6)8-9-11;1-2-3/h6-7H,3-5H2,1-2H3,(H,8,11);1H3. The van der Waals surface area contributed by atoms with E-state index >= 15 is 0 Å². The highest BCUT2D eigenvalue weighted by molar-refractivity contribution is 4.75. The van der Waals surface area contributed by atoms with Gasteiger partial charge in [0, 0.05) is 19.0 Å². The number of nitrogens with zero attached hydrogens (tertiary/aromatic N) is 3. The number of nitriles is 1. The van der Waals surface area contributed by atoms with Gasteiger partial charge in [-0.25, -0.2) is 5.53 Å². The topological polar surface area (TPSA) is 68.5 Å². The average molecular weight is 198 g/mol. The summed E-state index contributed by atoms with van der Waals surface area (Å²) in [5, 5.41) is 11.9. The van der Waals surface area contributed by atoms with Crippen LogP contribution in [0, 0.1) is 16.2 Å². The Bertz CT molecular complexity index is 191. The van der Waals surface area contributed by atoms with E-state index in [0.717, 1.165) is 12.8 Å². The second kappa shape index (κ2) is 7.27. The molecule has 1 rings (SSSR count). The molecule has 5 heteroatoms.